The molecule has 0 atom stereocenters. The fourth-order valence-electron chi connectivity index (χ4n) is 1.79. The Morgan fingerprint density at radius 1 is 1.38 bits per heavy atom. The van der Waals surface area contributed by atoms with Gasteiger partial charge < -0.3 is 0 Å². The van der Waals surface area contributed by atoms with E-state index in [1.54, 1.807) is 0 Å². The minimum Gasteiger partial charge on any atom is -0.298 e. The number of hydrogen-bond donors (Lipinski definition) is 0. The van der Waals surface area contributed by atoms with Crippen LogP contribution in [0.1, 0.15) is 26.2 Å². The zero-order valence-corrected chi connectivity index (χ0v) is 5.48. The van der Waals surface area contributed by atoms with Gasteiger partial charge in [-0.25, -0.2) is 0 Å². The van der Waals surface area contributed by atoms with Crippen molar-refractivity contribution in [1.29, 1.82) is 0 Å². The maximum atomic E-state index is 2.60. The molecule has 2 rings (SSSR count). The average Bonchev–Trinajstić information content (AvgIpc) is 2.42. The zero-order valence-electron chi connectivity index (χ0n) is 5.48. The molecule has 1 aliphatic heterocycles. The molecule has 0 aromatic heterocycles. The topological polar surface area (TPSA) is 3.24 Å². The highest BCUT2D eigenvalue weighted by Crippen LogP contribution is 2.50. The SMILES string of the molecule is CCN1CCC12CC2. The molecule has 1 spiro atoms. The second-order valence-corrected chi connectivity index (χ2v) is 3.05. The van der Waals surface area contributed by atoms with E-state index in [0.717, 1.165) is 5.54 Å². The quantitative estimate of drug-likeness (QED) is 0.492. The van der Waals surface area contributed by atoms with E-state index in [9.17, 15) is 0 Å². The van der Waals surface area contributed by atoms with Gasteiger partial charge in [-0.3, -0.25) is 4.90 Å². The Morgan fingerprint density at radius 2 is 2.12 bits per heavy atom. The van der Waals surface area contributed by atoms with E-state index in [1.807, 2.05) is 0 Å². The van der Waals surface area contributed by atoms with E-state index >= 15 is 0 Å². The summed E-state index contributed by atoms with van der Waals surface area (Å²) in [4.78, 5) is 2.60. The molecular weight excluding hydrogens is 98.1 g/mol. The van der Waals surface area contributed by atoms with Crippen LogP contribution in [-0.4, -0.2) is 23.5 Å². The number of likely N-dealkylation sites (tertiary alicyclic amines) is 1. The highest BCUT2D eigenvalue weighted by atomic mass is 15.3. The third-order valence-corrected chi connectivity index (χ3v) is 2.73. The molecule has 46 valence electrons. The lowest BCUT2D eigenvalue weighted by atomic mass is 10.0. The lowest BCUT2D eigenvalue weighted by Crippen LogP contribution is -2.49. The van der Waals surface area contributed by atoms with E-state index in [1.165, 1.54) is 32.4 Å². The van der Waals surface area contributed by atoms with Gasteiger partial charge in [-0.15, -0.1) is 0 Å². The van der Waals surface area contributed by atoms with E-state index in [2.05, 4.69) is 11.8 Å². The van der Waals surface area contributed by atoms with Crippen LogP contribution in [0.4, 0.5) is 0 Å². The van der Waals surface area contributed by atoms with Crippen molar-refractivity contribution in [2.75, 3.05) is 13.1 Å². The summed E-state index contributed by atoms with van der Waals surface area (Å²) in [6.45, 7) is 4.91. The molecule has 0 N–H and O–H groups in total. The number of hydrogen-bond acceptors (Lipinski definition) is 1. The molecule has 1 nitrogen and oxygen atoms in total. The smallest absolute Gasteiger partial charge is 0.0223 e. The fraction of sp³-hybridized carbons (Fsp3) is 1.00. The van der Waals surface area contributed by atoms with Crippen LogP contribution >= 0.6 is 0 Å². The second-order valence-electron chi connectivity index (χ2n) is 3.05. The molecule has 1 saturated heterocycles. The van der Waals surface area contributed by atoms with Crippen molar-refractivity contribution in [3.05, 3.63) is 0 Å². The summed E-state index contributed by atoms with van der Waals surface area (Å²) in [5.74, 6) is 0. The summed E-state index contributed by atoms with van der Waals surface area (Å²) >= 11 is 0. The van der Waals surface area contributed by atoms with Crippen molar-refractivity contribution >= 4 is 0 Å². The van der Waals surface area contributed by atoms with Gasteiger partial charge in [-0.05, 0) is 25.8 Å². The van der Waals surface area contributed by atoms with Crippen molar-refractivity contribution in [2.45, 2.75) is 31.7 Å². The van der Waals surface area contributed by atoms with Crippen molar-refractivity contribution in [1.82, 2.24) is 4.90 Å². The van der Waals surface area contributed by atoms with Crippen molar-refractivity contribution in [3.8, 4) is 0 Å². The highest BCUT2D eigenvalue weighted by Gasteiger charge is 2.52. The summed E-state index contributed by atoms with van der Waals surface area (Å²) in [7, 11) is 0. The van der Waals surface area contributed by atoms with Gasteiger partial charge in [0.25, 0.3) is 0 Å². The Balaban J connectivity index is 1.98. The molecule has 1 heterocycles. The third-order valence-electron chi connectivity index (χ3n) is 2.73. The molecule has 2 aliphatic rings. The normalized spacial score (nSPS) is 32.6. The van der Waals surface area contributed by atoms with Crippen LogP contribution in [0, 0.1) is 0 Å². The van der Waals surface area contributed by atoms with Gasteiger partial charge in [-0.2, -0.15) is 0 Å². The van der Waals surface area contributed by atoms with Gasteiger partial charge in [0.1, 0.15) is 0 Å². The van der Waals surface area contributed by atoms with Crippen LogP contribution in [-0.2, 0) is 0 Å². The molecule has 0 aromatic rings. The van der Waals surface area contributed by atoms with Crippen LogP contribution in [0.15, 0.2) is 0 Å². The van der Waals surface area contributed by atoms with E-state index in [0.29, 0.717) is 0 Å². The Morgan fingerprint density at radius 3 is 2.25 bits per heavy atom. The average molecular weight is 111 g/mol. The fourth-order valence-corrected chi connectivity index (χ4v) is 1.79. The lowest BCUT2D eigenvalue weighted by Gasteiger charge is -2.41. The van der Waals surface area contributed by atoms with Crippen molar-refractivity contribution in [3.63, 3.8) is 0 Å². The zero-order chi connectivity index (χ0) is 5.61. The van der Waals surface area contributed by atoms with E-state index in [-0.39, 0.29) is 0 Å². The predicted octanol–water partition coefficient (Wildman–Crippen LogP) is 1.24. The predicted molar refractivity (Wildman–Crippen MR) is 33.8 cm³/mol. The molecule has 1 saturated carbocycles. The Kier molecular flexibility index (Phi) is 0.762. The van der Waals surface area contributed by atoms with Gasteiger partial charge in [0.05, 0.1) is 0 Å². The van der Waals surface area contributed by atoms with Gasteiger partial charge in [-0.1, -0.05) is 6.92 Å². The van der Waals surface area contributed by atoms with Crippen molar-refractivity contribution < 1.29 is 0 Å². The maximum absolute atomic E-state index is 2.60. The molecular formula is C7H13N. The largest absolute Gasteiger partial charge is 0.298 e. The summed E-state index contributed by atoms with van der Waals surface area (Å²) in [5, 5.41) is 0. The van der Waals surface area contributed by atoms with Gasteiger partial charge in [0.2, 0.25) is 0 Å². The molecule has 0 amide bonds. The summed E-state index contributed by atoms with van der Waals surface area (Å²) in [5.41, 5.74) is 0.773. The second kappa shape index (κ2) is 1.27. The highest BCUT2D eigenvalue weighted by molar-refractivity contribution is 5.10. The number of nitrogens with zero attached hydrogens (tertiary/aromatic N) is 1. The first-order valence-electron chi connectivity index (χ1n) is 3.62. The van der Waals surface area contributed by atoms with E-state index < -0.39 is 0 Å². The lowest BCUT2D eigenvalue weighted by molar-refractivity contribution is 0.0767. The van der Waals surface area contributed by atoms with Crippen LogP contribution in [0.2, 0.25) is 0 Å². The monoisotopic (exact) mass is 111 g/mol. The first kappa shape index (κ1) is 4.80. The molecule has 0 radical (unpaired) electrons. The Bertz CT molecular complexity index is 103. The third kappa shape index (κ3) is 0.408. The van der Waals surface area contributed by atoms with Crippen LogP contribution < -0.4 is 0 Å². The van der Waals surface area contributed by atoms with Crippen molar-refractivity contribution in [2.24, 2.45) is 0 Å². The molecule has 0 bridgehead atoms. The molecule has 1 aliphatic carbocycles. The molecule has 8 heavy (non-hydrogen) atoms. The molecule has 1 heteroatoms. The Labute approximate surface area is 50.7 Å². The molecule has 0 unspecified atom stereocenters. The molecule has 2 fully saturated rings. The summed E-state index contributed by atoms with van der Waals surface area (Å²) in [6, 6.07) is 0. The number of rotatable bonds is 1. The summed E-state index contributed by atoms with van der Waals surface area (Å²) < 4.78 is 0. The van der Waals surface area contributed by atoms with Gasteiger partial charge in [0.15, 0.2) is 0 Å². The minimum atomic E-state index is 0.773. The van der Waals surface area contributed by atoms with E-state index in [4.69, 9.17) is 0 Å². The van der Waals surface area contributed by atoms with Crippen LogP contribution in [0.25, 0.3) is 0 Å². The summed E-state index contributed by atoms with van der Waals surface area (Å²) in [6.07, 6.45) is 4.46. The van der Waals surface area contributed by atoms with Crippen LogP contribution in [0.5, 0.6) is 0 Å². The van der Waals surface area contributed by atoms with Gasteiger partial charge in [0, 0.05) is 12.1 Å². The molecule has 0 aromatic carbocycles. The Hall–Kier alpha value is -0.0400. The maximum Gasteiger partial charge on any atom is 0.0223 e. The first-order chi connectivity index (χ1) is 3.87. The van der Waals surface area contributed by atoms with Gasteiger partial charge >= 0.3 is 0 Å². The minimum absolute atomic E-state index is 0.773. The standard InChI is InChI=1S/C7H13N/c1-2-8-6-5-7(8)3-4-7/h2-6H2,1H3. The first-order valence-corrected chi connectivity index (χ1v) is 3.62. The van der Waals surface area contributed by atoms with Crippen LogP contribution in [0.3, 0.4) is 0 Å².